The largest absolute Gasteiger partial charge is 0.398 e. The summed E-state index contributed by atoms with van der Waals surface area (Å²) in [6.45, 7) is 1.60. The van der Waals surface area contributed by atoms with Gasteiger partial charge in [-0.2, -0.15) is 0 Å². The molecule has 0 unspecified atom stereocenters. The molecule has 1 aromatic carbocycles. The molecule has 0 aliphatic carbocycles. The first kappa shape index (κ1) is 13.3. The maximum Gasteiger partial charge on any atom is 0.265 e. The molecule has 2 aromatic rings. The molecule has 100 valence electrons. The summed E-state index contributed by atoms with van der Waals surface area (Å²) >= 11 is 0. The van der Waals surface area contributed by atoms with Crippen molar-refractivity contribution in [2.24, 2.45) is 0 Å². The number of sulfonamides is 1. The van der Waals surface area contributed by atoms with E-state index in [4.69, 9.17) is 5.73 Å². The van der Waals surface area contributed by atoms with Crippen LogP contribution in [0.5, 0.6) is 0 Å². The van der Waals surface area contributed by atoms with Crippen molar-refractivity contribution in [2.75, 3.05) is 10.5 Å². The summed E-state index contributed by atoms with van der Waals surface area (Å²) in [4.78, 5) is 3.62. The number of rotatable bonds is 3. The summed E-state index contributed by atoms with van der Waals surface area (Å²) < 4.78 is 39.6. The van der Waals surface area contributed by atoms with Crippen LogP contribution in [0.3, 0.4) is 0 Å². The van der Waals surface area contributed by atoms with Crippen LogP contribution in [-0.2, 0) is 10.0 Å². The predicted octanol–water partition coefficient (Wildman–Crippen LogP) is 1.91. The van der Waals surface area contributed by atoms with Gasteiger partial charge in [0.25, 0.3) is 10.0 Å². The highest BCUT2D eigenvalue weighted by atomic mass is 32.2. The topological polar surface area (TPSA) is 85.1 Å². The van der Waals surface area contributed by atoms with Crippen LogP contribution >= 0.6 is 0 Å². The van der Waals surface area contributed by atoms with Gasteiger partial charge in [0.2, 0.25) is 0 Å². The van der Waals surface area contributed by atoms with Crippen molar-refractivity contribution in [2.45, 2.75) is 11.8 Å². The number of benzene rings is 1. The van der Waals surface area contributed by atoms with E-state index in [1.54, 1.807) is 6.92 Å². The van der Waals surface area contributed by atoms with Gasteiger partial charge in [-0.05, 0) is 36.8 Å². The van der Waals surface area contributed by atoms with E-state index in [0.29, 0.717) is 11.3 Å². The second-order valence-corrected chi connectivity index (χ2v) is 5.63. The normalized spacial score (nSPS) is 11.3. The smallest absolute Gasteiger partial charge is 0.265 e. The highest BCUT2D eigenvalue weighted by molar-refractivity contribution is 7.92. The van der Waals surface area contributed by atoms with Gasteiger partial charge >= 0.3 is 0 Å². The van der Waals surface area contributed by atoms with Gasteiger partial charge in [0.1, 0.15) is 10.7 Å². The van der Waals surface area contributed by atoms with E-state index in [9.17, 15) is 12.8 Å². The van der Waals surface area contributed by atoms with Crippen molar-refractivity contribution in [3.05, 3.63) is 48.0 Å². The minimum absolute atomic E-state index is 0.0993. The zero-order valence-corrected chi connectivity index (χ0v) is 10.9. The molecule has 0 amide bonds. The Balaban J connectivity index is 2.40. The fourth-order valence-electron chi connectivity index (χ4n) is 1.56. The molecule has 0 bridgehead atoms. The second kappa shape index (κ2) is 4.85. The van der Waals surface area contributed by atoms with Gasteiger partial charge in [0.05, 0.1) is 11.4 Å². The molecule has 19 heavy (non-hydrogen) atoms. The molecule has 5 nitrogen and oxygen atoms in total. The van der Waals surface area contributed by atoms with Crippen LogP contribution in [0, 0.1) is 12.7 Å². The van der Waals surface area contributed by atoms with E-state index in [1.807, 2.05) is 0 Å². The Hall–Kier alpha value is -2.15. The van der Waals surface area contributed by atoms with E-state index in [-0.39, 0.29) is 10.6 Å². The standard InChI is InChI=1S/C12H12FN3O2S/c1-8-6-9(13)2-3-11(8)16-19(17,18)12-7-15-5-4-10(12)14/h2-7,16H,1H3,(H2,14,15). The van der Waals surface area contributed by atoms with Crippen molar-refractivity contribution in [1.29, 1.82) is 0 Å². The monoisotopic (exact) mass is 281 g/mol. The van der Waals surface area contributed by atoms with Crippen molar-refractivity contribution in [3.63, 3.8) is 0 Å². The maximum absolute atomic E-state index is 13.0. The number of nitrogens with zero attached hydrogens (tertiary/aromatic N) is 1. The summed E-state index contributed by atoms with van der Waals surface area (Å²) in [7, 11) is -3.84. The number of halogens is 1. The number of anilines is 2. The maximum atomic E-state index is 13.0. The van der Waals surface area contributed by atoms with E-state index in [2.05, 4.69) is 9.71 Å². The van der Waals surface area contributed by atoms with Crippen LogP contribution in [0.1, 0.15) is 5.56 Å². The van der Waals surface area contributed by atoms with Crippen LogP contribution in [0.2, 0.25) is 0 Å². The first-order valence-electron chi connectivity index (χ1n) is 5.38. The lowest BCUT2D eigenvalue weighted by atomic mass is 10.2. The van der Waals surface area contributed by atoms with E-state index in [0.717, 1.165) is 6.20 Å². The van der Waals surface area contributed by atoms with Gasteiger partial charge in [-0.1, -0.05) is 0 Å². The Morgan fingerprint density at radius 1 is 1.32 bits per heavy atom. The Labute approximate surface area is 110 Å². The fraction of sp³-hybridized carbons (Fsp3) is 0.0833. The third kappa shape index (κ3) is 2.82. The van der Waals surface area contributed by atoms with Gasteiger partial charge in [-0.3, -0.25) is 9.71 Å². The molecule has 0 saturated heterocycles. The summed E-state index contributed by atoms with van der Waals surface area (Å²) in [5, 5.41) is 0. The Morgan fingerprint density at radius 3 is 2.68 bits per heavy atom. The Kier molecular flexibility index (Phi) is 3.39. The minimum atomic E-state index is -3.84. The average molecular weight is 281 g/mol. The molecule has 0 spiro atoms. The molecule has 7 heteroatoms. The van der Waals surface area contributed by atoms with Crippen molar-refractivity contribution < 1.29 is 12.8 Å². The van der Waals surface area contributed by atoms with Crippen LogP contribution in [0.4, 0.5) is 15.8 Å². The molecular weight excluding hydrogens is 269 g/mol. The zero-order valence-electron chi connectivity index (χ0n) is 10.1. The van der Waals surface area contributed by atoms with Gasteiger partial charge in [-0.15, -0.1) is 0 Å². The van der Waals surface area contributed by atoms with Crippen molar-refractivity contribution in [1.82, 2.24) is 4.98 Å². The fourth-order valence-corrected chi connectivity index (χ4v) is 2.76. The lowest BCUT2D eigenvalue weighted by molar-refractivity contribution is 0.601. The van der Waals surface area contributed by atoms with Crippen LogP contribution in [0.15, 0.2) is 41.6 Å². The first-order chi connectivity index (χ1) is 8.90. The molecule has 0 fully saturated rings. The summed E-state index contributed by atoms with van der Waals surface area (Å²) in [5.74, 6) is -0.429. The lowest BCUT2D eigenvalue weighted by Crippen LogP contribution is -2.15. The van der Waals surface area contributed by atoms with Gasteiger partial charge in [-0.25, -0.2) is 12.8 Å². The third-order valence-corrected chi connectivity index (χ3v) is 3.95. The van der Waals surface area contributed by atoms with Gasteiger partial charge < -0.3 is 5.73 Å². The molecular formula is C12H12FN3O2S. The lowest BCUT2D eigenvalue weighted by Gasteiger charge is -2.11. The van der Waals surface area contributed by atoms with E-state index >= 15 is 0 Å². The summed E-state index contributed by atoms with van der Waals surface area (Å²) in [6.07, 6.45) is 2.56. The van der Waals surface area contributed by atoms with Crippen LogP contribution < -0.4 is 10.5 Å². The molecule has 0 aliphatic rings. The number of hydrogen-bond donors (Lipinski definition) is 2. The molecule has 3 N–H and O–H groups in total. The number of nitrogens with one attached hydrogen (secondary N) is 1. The Morgan fingerprint density at radius 2 is 2.05 bits per heavy atom. The molecule has 2 rings (SSSR count). The molecule has 0 aliphatic heterocycles. The molecule has 1 aromatic heterocycles. The summed E-state index contributed by atoms with van der Waals surface area (Å²) in [5.41, 5.74) is 6.48. The number of hydrogen-bond acceptors (Lipinski definition) is 4. The highest BCUT2D eigenvalue weighted by Gasteiger charge is 2.18. The quantitative estimate of drug-likeness (QED) is 0.900. The van der Waals surface area contributed by atoms with Gasteiger partial charge in [0.15, 0.2) is 0 Å². The number of pyridine rings is 1. The third-order valence-electron chi connectivity index (χ3n) is 2.54. The van der Waals surface area contributed by atoms with Crippen molar-refractivity contribution >= 4 is 21.4 Å². The first-order valence-corrected chi connectivity index (χ1v) is 6.87. The van der Waals surface area contributed by atoms with Crippen LogP contribution in [-0.4, -0.2) is 13.4 Å². The Bertz CT molecular complexity index is 717. The number of nitrogen functional groups attached to an aromatic ring is 1. The van der Waals surface area contributed by atoms with Crippen molar-refractivity contribution in [3.8, 4) is 0 Å². The number of aromatic nitrogens is 1. The van der Waals surface area contributed by atoms with E-state index in [1.165, 1.54) is 30.5 Å². The molecule has 0 saturated carbocycles. The highest BCUT2D eigenvalue weighted by Crippen LogP contribution is 2.22. The molecule has 0 radical (unpaired) electrons. The number of aryl methyl sites for hydroxylation is 1. The predicted molar refractivity (Wildman–Crippen MR) is 70.6 cm³/mol. The molecule has 1 heterocycles. The summed E-state index contributed by atoms with van der Waals surface area (Å²) in [6, 6.07) is 5.17. The van der Waals surface area contributed by atoms with Gasteiger partial charge in [0, 0.05) is 12.4 Å². The SMILES string of the molecule is Cc1cc(F)ccc1NS(=O)(=O)c1cnccc1N. The average Bonchev–Trinajstić information content (AvgIpc) is 2.33. The van der Waals surface area contributed by atoms with E-state index < -0.39 is 15.8 Å². The van der Waals surface area contributed by atoms with Crippen LogP contribution in [0.25, 0.3) is 0 Å². The minimum Gasteiger partial charge on any atom is -0.398 e. The second-order valence-electron chi connectivity index (χ2n) is 3.98. The number of nitrogens with two attached hydrogens (primary N) is 1. The molecule has 0 atom stereocenters. The zero-order chi connectivity index (χ0) is 14.0.